The quantitative estimate of drug-likeness (QED) is 0.854. The number of anilines is 1. The number of nitrogens with zero attached hydrogens (tertiary/aromatic N) is 1. The van der Waals surface area contributed by atoms with Crippen LogP contribution in [0.15, 0.2) is 5.38 Å². The van der Waals surface area contributed by atoms with Crippen LogP contribution in [0.1, 0.15) is 26.5 Å². The first kappa shape index (κ1) is 12.0. The molecule has 0 radical (unpaired) electrons. The first-order valence-electron chi connectivity index (χ1n) is 4.35. The predicted molar refractivity (Wildman–Crippen MR) is 55.4 cm³/mol. The normalized spacial score (nSPS) is 11.9. The summed E-state index contributed by atoms with van der Waals surface area (Å²) in [6.07, 6.45) is -3.01. The van der Waals surface area contributed by atoms with Crippen molar-refractivity contribution >= 4 is 22.4 Å². The second-order valence-electron chi connectivity index (χ2n) is 4.08. The van der Waals surface area contributed by atoms with E-state index in [4.69, 9.17) is 0 Å². The number of thiazole rings is 1. The molecular formula is C9H12F2N2OS. The zero-order valence-corrected chi connectivity index (χ0v) is 9.49. The van der Waals surface area contributed by atoms with Gasteiger partial charge in [0.2, 0.25) is 0 Å². The molecule has 6 heteroatoms. The summed E-state index contributed by atoms with van der Waals surface area (Å²) in [6.45, 7) is 5.88. The number of carbonyl (C=O) groups is 1. The molecule has 15 heavy (non-hydrogen) atoms. The van der Waals surface area contributed by atoms with Crippen LogP contribution in [0.4, 0.5) is 13.9 Å². The van der Waals surface area contributed by atoms with E-state index in [2.05, 4.69) is 10.3 Å². The first-order chi connectivity index (χ1) is 6.80. The summed E-state index contributed by atoms with van der Waals surface area (Å²) >= 11 is 1.15. The minimum atomic E-state index is -3.01. The Kier molecular flexibility index (Phi) is 3.38. The number of hydrogen-bond acceptors (Lipinski definition) is 3. The number of amides is 1. The van der Waals surface area contributed by atoms with Gasteiger partial charge < -0.3 is 0 Å². The Hall–Kier alpha value is -1.04. The van der Waals surface area contributed by atoms with Crippen molar-refractivity contribution in [2.45, 2.75) is 32.6 Å². The van der Waals surface area contributed by atoms with E-state index in [1.165, 1.54) is 0 Å². The summed E-state index contributed by atoms with van der Waals surface area (Å²) in [5.41, 5.74) is 0.627. The van der Waals surface area contributed by atoms with Crippen molar-refractivity contribution in [1.82, 2.24) is 4.98 Å². The maximum absolute atomic E-state index is 11.9. The van der Waals surface area contributed by atoms with Gasteiger partial charge in [-0.25, -0.2) is 4.98 Å². The molecule has 0 saturated heterocycles. The Labute approximate surface area is 90.5 Å². The van der Waals surface area contributed by atoms with Crippen LogP contribution in [0.2, 0.25) is 0 Å². The lowest BCUT2D eigenvalue weighted by Crippen LogP contribution is -2.20. The Morgan fingerprint density at radius 3 is 2.53 bits per heavy atom. The van der Waals surface area contributed by atoms with Crippen molar-refractivity contribution in [3.05, 3.63) is 11.1 Å². The second-order valence-corrected chi connectivity index (χ2v) is 4.94. The summed E-state index contributed by atoms with van der Waals surface area (Å²) in [5, 5.41) is 4.02. The van der Waals surface area contributed by atoms with Gasteiger partial charge in [0, 0.05) is 10.8 Å². The minimum absolute atomic E-state index is 0.149. The smallest absolute Gasteiger partial charge is 0.297 e. The van der Waals surface area contributed by atoms with Crippen LogP contribution in [0.5, 0.6) is 0 Å². The molecule has 0 spiro atoms. The molecule has 0 atom stereocenters. The van der Waals surface area contributed by atoms with E-state index in [9.17, 15) is 13.6 Å². The van der Waals surface area contributed by atoms with Crippen LogP contribution in [-0.4, -0.2) is 17.3 Å². The van der Waals surface area contributed by atoms with E-state index >= 15 is 0 Å². The van der Waals surface area contributed by atoms with Gasteiger partial charge in [0.15, 0.2) is 5.13 Å². The maximum atomic E-state index is 11.9. The lowest BCUT2D eigenvalue weighted by molar-refractivity contribution is -0.126. The van der Waals surface area contributed by atoms with Gasteiger partial charge in [-0.2, -0.15) is 8.78 Å². The Morgan fingerprint density at radius 1 is 1.53 bits per heavy atom. The largest absolute Gasteiger partial charge is 0.315 e. The van der Waals surface area contributed by atoms with Gasteiger partial charge in [-0.3, -0.25) is 10.1 Å². The van der Waals surface area contributed by atoms with Gasteiger partial charge in [-0.1, -0.05) is 20.8 Å². The van der Waals surface area contributed by atoms with Crippen molar-refractivity contribution in [2.24, 2.45) is 0 Å². The molecule has 0 saturated carbocycles. The summed E-state index contributed by atoms with van der Waals surface area (Å²) in [6, 6.07) is 0. The fourth-order valence-electron chi connectivity index (χ4n) is 0.836. The van der Waals surface area contributed by atoms with Crippen LogP contribution in [0, 0.1) is 0 Å². The van der Waals surface area contributed by atoms with Crippen molar-refractivity contribution in [3.63, 3.8) is 0 Å². The SMILES string of the molecule is CC(C)(C)c1csc(NC(=O)C(F)F)n1. The Morgan fingerprint density at radius 2 is 2.13 bits per heavy atom. The van der Waals surface area contributed by atoms with Crippen LogP contribution in [0.3, 0.4) is 0 Å². The van der Waals surface area contributed by atoms with Gasteiger partial charge >= 0.3 is 6.43 Å². The molecule has 1 aromatic heterocycles. The third kappa shape index (κ3) is 3.23. The molecule has 0 aliphatic rings. The summed E-state index contributed by atoms with van der Waals surface area (Å²) in [4.78, 5) is 14.7. The van der Waals surface area contributed by atoms with Crippen molar-refractivity contribution in [2.75, 3.05) is 5.32 Å². The van der Waals surface area contributed by atoms with Crippen molar-refractivity contribution in [3.8, 4) is 0 Å². The standard InChI is InChI=1S/C9H12F2N2OS/c1-9(2,3)5-4-15-8(12-5)13-7(14)6(10)11/h4,6H,1-3H3,(H,12,13,14). The molecular weight excluding hydrogens is 222 g/mol. The third-order valence-electron chi connectivity index (χ3n) is 1.70. The average Bonchev–Trinajstić information content (AvgIpc) is 2.51. The highest BCUT2D eigenvalue weighted by molar-refractivity contribution is 7.13. The van der Waals surface area contributed by atoms with Crippen LogP contribution >= 0.6 is 11.3 Å². The minimum Gasteiger partial charge on any atom is -0.297 e. The number of nitrogens with one attached hydrogen (secondary N) is 1. The van der Waals surface area contributed by atoms with Crippen LogP contribution in [-0.2, 0) is 10.2 Å². The molecule has 1 rings (SSSR count). The Balaban J connectivity index is 2.73. The molecule has 0 aromatic carbocycles. The zero-order chi connectivity index (χ0) is 11.6. The van der Waals surface area contributed by atoms with E-state index in [1.54, 1.807) is 5.38 Å². The average molecular weight is 234 g/mol. The number of rotatable bonds is 2. The highest BCUT2D eigenvalue weighted by Crippen LogP contribution is 2.26. The highest BCUT2D eigenvalue weighted by Gasteiger charge is 2.20. The van der Waals surface area contributed by atoms with Crippen LogP contribution < -0.4 is 5.32 Å². The molecule has 1 aromatic rings. The molecule has 0 aliphatic carbocycles. The first-order valence-corrected chi connectivity index (χ1v) is 5.23. The molecule has 84 valence electrons. The fraction of sp³-hybridized carbons (Fsp3) is 0.556. The highest BCUT2D eigenvalue weighted by atomic mass is 32.1. The fourth-order valence-corrected chi connectivity index (χ4v) is 1.78. The summed E-state index contributed by atoms with van der Waals surface area (Å²) in [5.74, 6) is -1.31. The lowest BCUT2D eigenvalue weighted by atomic mass is 9.93. The second kappa shape index (κ2) is 4.22. The molecule has 0 unspecified atom stereocenters. The van der Waals surface area contributed by atoms with Gasteiger partial charge in [-0.15, -0.1) is 11.3 Å². The number of carbonyl (C=O) groups excluding carboxylic acids is 1. The molecule has 1 N–H and O–H groups in total. The molecule has 3 nitrogen and oxygen atoms in total. The van der Waals surface area contributed by atoms with E-state index in [0.717, 1.165) is 17.0 Å². The third-order valence-corrected chi connectivity index (χ3v) is 2.46. The number of alkyl halides is 2. The van der Waals surface area contributed by atoms with Gasteiger partial charge in [0.05, 0.1) is 5.69 Å². The maximum Gasteiger partial charge on any atom is 0.315 e. The van der Waals surface area contributed by atoms with E-state index in [-0.39, 0.29) is 10.5 Å². The summed E-state index contributed by atoms with van der Waals surface area (Å²) in [7, 11) is 0. The predicted octanol–water partition coefficient (Wildman–Crippen LogP) is 2.64. The van der Waals surface area contributed by atoms with E-state index in [1.807, 2.05) is 20.8 Å². The number of halogens is 2. The van der Waals surface area contributed by atoms with Gasteiger partial charge in [-0.05, 0) is 0 Å². The summed E-state index contributed by atoms with van der Waals surface area (Å²) < 4.78 is 23.8. The zero-order valence-electron chi connectivity index (χ0n) is 8.67. The van der Waals surface area contributed by atoms with E-state index in [0.29, 0.717) is 0 Å². The monoisotopic (exact) mass is 234 g/mol. The number of hydrogen-bond donors (Lipinski definition) is 1. The molecule has 1 heterocycles. The molecule has 1 amide bonds. The molecule has 0 bridgehead atoms. The molecule has 0 aliphatic heterocycles. The van der Waals surface area contributed by atoms with Gasteiger partial charge in [0.25, 0.3) is 5.91 Å². The lowest BCUT2D eigenvalue weighted by Gasteiger charge is -2.14. The Bertz CT molecular complexity index is 357. The van der Waals surface area contributed by atoms with Crippen molar-refractivity contribution < 1.29 is 13.6 Å². The number of aromatic nitrogens is 1. The van der Waals surface area contributed by atoms with Crippen molar-refractivity contribution in [1.29, 1.82) is 0 Å². The van der Waals surface area contributed by atoms with Gasteiger partial charge in [0.1, 0.15) is 0 Å². The topological polar surface area (TPSA) is 42.0 Å². The van der Waals surface area contributed by atoms with E-state index < -0.39 is 12.3 Å². The van der Waals surface area contributed by atoms with Crippen LogP contribution in [0.25, 0.3) is 0 Å². The molecule has 0 fully saturated rings.